The lowest BCUT2D eigenvalue weighted by Crippen LogP contribution is -2.50. The molecule has 1 rings (SSSR count). The minimum Gasteiger partial charge on any atom is -0.349 e. The number of hydrogen-bond donors (Lipinski definition) is 1. The van der Waals surface area contributed by atoms with Crippen LogP contribution in [0.25, 0.3) is 0 Å². The number of carbonyl (C=O) groups excluding carboxylic acids is 2. The van der Waals surface area contributed by atoms with Gasteiger partial charge in [0.2, 0.25) is 11.8 Å². The molecule has 0 saturated carbocycles. The van der Waals surface area contributed by atoms with Crippen LogP contribution in [0.4, 0.5) is 0 Å². The van der Waals surface area contributed by atoms with E-state index in [0.717, 1.165) is 19.3 Å². The van der Waals surface area contributed by atoms with E-state index >= 15 is 0 Å². The normalized spacial score (nSPS) is 19.9. The number of likely N-dealkylation sites (tertiary alicyclic amines) is 1. The first-order valence-electron chi connectivity index (χ1n) is 7.14. The third-order valence-corrected chi connectivity index (χ3v) is 4.14. The van der Waals surface area contributed by atoms with Gasteiger partial charge < -0.3 is 15.5 Å². The highest BCUT2D eigenvalue weighted by Gasteiger charge is 2.31. The van der Waals surface area contributed by atoms with Crippen LogP contribution in [0.2, 0.25) is 0 Å². The zero-order chi connectivity index (χ0) is 14.6. The van der Waals surface area contributed by atoms with Gasteiger partial charge in [0.05, 0.1) is 6.04 Å². The van der Waals surface area contributed by atoms with Gasteiger partial charge in [-0.25, -0.2) is 0 Å². The number of piperidine rings is 1. The van der Waals surface area contributed by atoms with E-state index in [0.29, 0.717) is 13.1 Å². The monoisotopic (exact) mass is 269 g/mol. The molecule has 19 heavy (non-hydrogen) atoms. The molecule has 110 valence electrons. The third-order valence-electron chi connectivity index (χ3n) is 4.14. The van der Waals surface area contributed by atoms with Crippen molar-refractivity contribution in [2.24, 2.45) is 17.6 Å². The number of amides is 2. The maximum absolute atomic E-state index is 12.2. The molecular formula is C14H27N3O2. The Morgan fingerprint density at radius 1 is 1.32 bits per heavy atom. The van der Waals surface area contributed by atoms with E-state index in [2.05, 4.69) is 0 Å². The molecule has 2 amide bonds. The highest BCUT2D eigenvalue weighted by molar-refractivity contribution is 5.83. The smallest absolute Gasteiger partial charge is 0.239 e. The van der Waals surface area contributed by atoms with Crippen molar-refractivity contribution in [2.45, 2.75) is 39.2 Å². The Kier molecular flexibility index (Phi) is 5.79. The van der Waals surface area contributed by atoms with Gasteiger partial charge in [0.1, 0.15) is 0 Å². The fourth-order valence-electron chi connectivity index (χ4n) is 2.42. The number of rotatable bonds is 4. The standard InChI is InChI=1S/C14H27N3O2/c1-5-10(2)12(15)14(19)17-8-6-11(7-9-17)13(18)16(3)4/h10-12H,5-9,15H2,1-4H3/t10?,12-/m0/s1. The van der Waals surface area contributed by atoms with E-state index in [1.807, 2.05) is 18.7 Å². The maximum atomic E-state index is 12.2. The van der Waals surface area contributed by atoms with Crippen molar-refractivity contribution in [2.75, 3.05) is 27.2 Å². The Bertz CT molecular complexity index is 323. The van der Waals surface area contributed by atoms with Crippen LogP contribution in [-0.2, 0) is 9.59 Å². The largest absolute Gasteiger partial charge is 0.349 e. The lowest BCUT2D eigenvalue weighted by atomic mass is 9.93. The first kappa shape index (κ1) is 16.0. The predicted octanol–water partition coefficient (Wildman–Crippen LogP) is 0.687. The zero-order valence-corrected chi connectivity index (χ0v) is 12.6. The summed E-state index contributed by atoms with van der Waals surface area (Å²) in [5.41, 5.74) is 5.98. The Hall–Kier alpha value is -1.10. The van der Waals surface area contributed by atoms with Crippen LogP contribution < -0.4 is 5.73 Å². The molecule has 0 aliphatic carbocycles. The molecular weight excluding hydrogens is 242 g/mol. The quantitative estimate of drug-likeness (QED) is 0.816. The van der Waals surface area contributed by atoms with Gasteiger partial charge in [0.15, 0.2) is 0 Å². The fraction of sp³-hybridized carbons (Fsp3) is 0.857. The molecule has 1 aliphatic heterocycles. The van der Waals surface area contributed by atoms with Crippen LogP contribution >= 0.6 is 0 Å². The first-order valence-corrected chi connectivity index (χ1v) is 7.14. The molecule has 0 spiro atoms. The Morgan fingerprint density at radius 3 is 2.26 bits per heavy atom. The highest BCUT2D eigenvalue weighted by atomic mass is 16.2. The first-order chi connectivity index (χ1) is 8.88. The number of nitrogens with zero attached hydrogens (tertiary/aromatic N) is 2. The molecule has 0 aromatic carbocycles. The maximum Gasteiger partial charge on any atom is 0.239 e. The Balaban J connectivity index is 2.50. The second kappa shape index (κ2) is 6.89. The molecule has 1 unspecified atom stereocenters. The summed E-state index contributed by atoms with van der Waals surface area (Å²) in [4.78, 5) is 27.5. The molecule has 5 nitrogen and oxygen atoms in total. The molecule has 0 aromatic heterocycles. The van der Waals surface area contributed by atoms with E-state index in [1.165, 1.54) is 0 Å². The van der Waals surface area contributed by atoms with Gasteiger partial charge in [0.25, 0.3) is 0 Å². The predicted molar refractivity (Wildman–Crippen MR) is 75.4 cm³/mol. The fourth-order valence-corrected chi connectivity index (χ4v) is 2.42. The number of hydrogen-bond acceptors (Lipinski definition) is 3. The number of nitrogens with two attached hydrogens (primary N) is 1. The molecule has 0 bridgehead atoms. The van der Waals surface area contributed by atoms with Gasteiger partial charge in [0, 0.05) is 33.1 Å². The van der Waals surface area contributed by atoms with Crippen LogP contribution in [-0.4, -0.2) is 54.8 Å². The van der Waals surface area contributed by atoms with Crippen molar-refractivity contribution in [3.63, 3.8) is 0 Å². The van der Waals surface area contributed by atoms with Crippen molar-refractivity contribution in [1.82, 2.24) is 9.80 Å². The molecule has 5 heteroatoms. The second-order valence-corrected chi connectivity index (χ2v) is 5.74. The molecule has 2 N–H and O–H groups in total. The van der Waals surface area contributed by atoms with E-state index in [1.54, 1.807) is 19.0 Å². The van der Waals surface area contributed by atoms with Crippen LogP contribution in [0.15, 0.2) is 0 Å². The van der Waals surface area contributed by atoms with Gasteiger partial charge in [-0.2, -0.15) is 0 Å². The minimum absolute atomic E-state index is 0.0325. The number of carbonyl (C=O) groups is 2. The summed E-state index contributed by atoms with van der Waals surface area (Å²) < 4.78 is 0. The summed E-state index contributed by atoms with van der Waals surface area (Å²) in [7, 11) is 3.55. The molecule has 1 heterocycles. The second-order valence-electron chi connectivity index (χ2n) is 5.74. The zero-order valence-electron chi connectivity index (χ0n) is 12.6. The van der Waals surface area contributed by atoms with E-state index in [-0.39, 0.29) is 23.7 Å². The molecule has 0 radical (unpaired) electrons. The van der Waals surface area contributed by atoms with Crippen molar-refractivity contribution < 1.29 is 9.59 Å². The van der Waals surface area contributed by atoms with Gasteiger partial charge in [-0.3, -0.25) is 9.59 Å². The van der Waals surface area contributed by atoms with Gasteiger partial charge in [-0.15, -0.1) is 0 Å². The summed E-state index contributed by atoms with van der Waals surface area (Å²) in [5.74, 6) is 0.455. The lowest BCUT2D eigenvalue weighted by Gasteiger charge is -2.34. The molecule has 2 atom stereocenters. The van der Waals surface area contributed by atoms with Crippen molar-refractivity contribution in [3.05, 3.63) is 0 Å². The van der Waals surface area contributed by atoms with E-state index < -0.39 is 6.04 Å². The molecule has 1 saturated heterocycles. The Labute approximate surface area is 116 Å². The van der Waals surface area contributed by atoms with Crippen LogP contribution in [0.3, 0.4) is 0 Å². The van der Waals surface area contributed by atoms with Gasteiger partial charge >= 0.3 is 0 Å². The van der Waals surface area contributed by atoms with Crippen molar-refractivity contribution in [3.8, 4) is 0 Å². The van der Waals surface area contributed by atoms with E-state index in [4.69, 9.17) is 5.73 Å². The van der Waals surface area contributed by atoms with Gasteiger partial charge in [-0.05, 0) is 18.8 Å². The third kappa shape index (κ3) is 3.93. The Morgan fingerprint density at radius 2 is 1.84 bits per heavy atom. The lowest BCUT2D eigenvalue weighted by molar-refractivity contribution is -0.140. The summed E-state index contributed by atoms with van der Waals surface area (Å²) in [5, 5.41) is 0. The molecule has 1 aliphatic rings. The van der Waals surface area contributed by atoms with Gasteiger partial charge in [-0.1, -0.05) is 20.3 Å². The molecule has 1 fully saturated rings. The highest BCUT2D eigenvalue weighted by Crippen LogP contribution is 2.20. The topological polar surface area (TPSA) is 66.6 Å². The average Bonchev–Trinajstić information content (AvgIpc) is 2.44. The summed E-state index contributed by atoms with van der Waals surface area (Å²) >= 11 is 0. The summed E-state index contributed by atoms with van der Waals surface area (Å²) in [6.45, 7) is 5.34. The van der Waals surface area contributed by atoms with Crippen molar-refractivity contribution in [1.29, 1.82) is 0 Å². The average molecular weight is 269 g/mol. The van der Waals surface area contributed by atoms with E-state index in [9.17, 15) is 9.59 Å². The van der Waals surface area contributed by atoms with Crippen LogP contribution in [0.1, 0.15) is 33.1 Å². The van der Waals surface area contributed by atoms with Crippen LogP contribution in [0.5, 0.6) is 0 Å². The minimum atomic E-state index is -0.411. The summed E-state index contributed by atoms with van der Waals surface area (Å²) in [6, 6.07) is -0.411. The molecule has 0 aromatic rings. The van der Waals surface area contributed by atoms with Crippen molar-refractivity contribution >= 4 is 11.8 Å². The SMILES string of the molecule is CCC(C)[C@H](N)C(=O)N1CCC(C(=O)N(C)C)CC1. The van der Waals surface area contributed by atoms with Crippen LogP contribution in [0, 0.1) is 11.8 Å². The summed E-state index contributed by atoms with van der Waals surface area (Å²) in [6.07, 6.45) is 2.40.